The third-order valence-corrected chi connectivity index (χ3v) is 4.86. The lowest BCUT2D eigenvalue weighted by molar-refractivity contribution is -0.135. The Morgan fingerprint density at radius 3 is 2.70 bits per heavy atom. The van der Waals surface area contributed by atoms with Gasteiger partial charge in [0.1, 0.15) is 6.54 Å². The summed E-state index contributed by atoms with van der Waals surface area (Å²) in [7, 11) is 0. The number of primary amides is 1. The first kappa shape index (κ1) is 15.9. The van der Waals surface area contributed by atoms with Crippen LogP contribution in [0.3, 0.4) is 0 Å². The minimum atomic E-state index is -0.351. The number of nitrogens with two attached hydrogens (primary N) is 1. The molecule has 7 heteroatoms. The average molecular weight is 333 g/mol. The fraction of sp³-hybridized carbons (Fsp3) is 0.375. The van der Waals surface area contributed by atoms with Gasteiger partial charge in [-0.05, 0) is 6.07 Å². The lowest BCUT2D eigenvalue weighted by atomic mass is 10.2. The van der Waals surface area contributed by atoms with Crippen molar-refractivity contribution in [1.29, 1.82) is 0 Å². The predicted molar refractivity (Wildman–Crippen MR) is 89.3 cm³/mol. The maximum atomic E-state index is 12.5. The van der Waals surface area contributed by atoms with Crippen LogP contribution in [-0.4, -0.2) is 53.3 Å². The number of ether oxygens (including phenoxy) is 1. The SMILES string of the molecule is NC(=O)CSc1cn(CC(=O)N2CCOCC2)c2ccccc12. The van der Waals surface area contributed by atoms with E-state index in [9.17, 15) is 9.59 Å². The molecule has 2 amide bonds. The number of amides is 2. The van der Waals surface area contributed by atoms with Gasteiger partial charge < -0.3 is 19.9 Å². The number of hydrogen-bond acceptors (Lipinski definition) is 4. The summed E-state index contributed by atoms with van der Waals surface area (Å²) in [6.07, 6.45) is 1.93. The molecule has 1 saturated heterocycles. The van der Waals surface area contributed by atoms with Gasteiger partial charge in [-0.15, -0.1) is 11.8 Å². The van der Waals surface area contributed by atoms with Crippen LogP contribution in [0.1, 0.15) is 0 Å². The number of benzene rings is 1. The number of rotatable bonds is 5. The number of para-hydroxylation sites is 1. The highest BCUT2D eigenvalue weighted by molar-refractivity contribution is 8.00. The number of fused-ring (bicyclic) bond motifs is 1. The summed E-state index contributed by atoms with van der Waals surface area (Å²) in [5.74, 6) is -0.0393. The molecule has 0 bridgehead atoms. The van der Waals surface area contributed by atoms with Crippen LogP contribution in [0.25, 0.3) is 10.9 Å². The summed E-state index contributed by atoms with van der Waals surface area (Å²) in [5.41, 5.74) is 6.22. The van der Waals surface area contributed by atoms with Crippen molar-refractivity contribution in [2.24, 2.45) is 5.73 Å². The Kier molecular flexibility index (Phi) is 4.88. The van der Waals surface area contributed by atoms with Crippen LogP contribution in [0.4, 0.5) is 0 Å². The van der Waals surface area contributed by atoms with E-state index in [1.807, 2.05) is 39.9 Å². The first-order valence-electron chi connectivity index (χ1n) is 7.49. The zero-order valence-corrected chi connectivity index (χ0v) is 13.6. The number of aromatic nitrogens is 1. The van der Waals surface area contributed by atoms with Gasteiger partial charge in [-0.25, -0.2) is 0 Å². The Balaban J connectivity index is 1.82. The van der Waals surface area contributed by atoms with Crippen molar-refractivity contribution in [2.45, 2.75) is 11.4 Å². The summed E-state index contributed by atoms with van der Waals surface area (Å²) in [6.45, 7) is 2.76. The normalized spacial score (nSPS) is 15.0. The predicted octanol–water partition coefficient (Wildman–Crippen LogP) is 1.08. The third kappa shape index (κ3) is 3.68. The van der Waals surface area contributed by atoms with Crippen molar-refractivity contribution in [1.82, 2.24) is 9.47 Å². The van der Waals surface area contributed by atoms with Gasteiger partial charge in [-0.2, -0.15) is 0 Å². The monoisotopic (exact) mass is 333 g/mol. The van der Waals surface area contributed by atoms with Gasteiger partial charge in [0.25, 0.3) is 0 Å². The van der Waals surface area contributed by atoms with Gasteiger partial charge in [0.2, 0.25) is 11.8 Å². The van der Waals surface area contributed by atoms with Crippen LogP contribution in [-0.2, 0) is 20.9 Å². The van der Waals surface area contributed by atoms with Crippen LogP contribution in [0, 0.1) is 0 Å². The highest BCUT2D eigenvalue weighted by Gasteiger charge is 2.18. The second kappa shape index (κ2) is 7.06. The largest absolute Gasteiger partial charge is 0.378 e. The number of carbonyl (C=O) groups excluding carboxylic acids is 2. The van der Waals surface area contributed by atoms with Gasteiger partial charge in [0.05, 0.1) is 19.0 Å². The zero-order valence-electron chi connectivity index (χ0n) is 12.7. The maximum absolute atomic E-state index is 12.5. The number of hydrogen-bond donors (Lipinski definition) is 1. The smallest absolute Gasteiger partial charge is 0.242 e. The van der Waals surface area contributed by atoms with E-state index in [2.05, 4.69) is 0 Å². The van der Waals surface area contributed by atoms with Crippen LogP contribution in [0.15, 0.2) is 35.4 Å². The van der Waals surface area contributed by atoms with Gasteiger partial charge in [0, 0.05) is 35.1 Å². The lowest BCUT2D eigenvalue weighted by Gasteiger charge is -2.27. The Morgan fingerprint density at radius 2 is 1.96 bits per heavy atom. The van der Waals surface area contributed by atoms with Crippen molar-refractivity contribution in [3.05, 3.63) is 30.5 Å². The van der Waals surface area contributed by atoms with E-state index in [0.717, 1.165) is 15.8 Å². The van der Waals surface area contributed by atoms with Crippen LogP contribution >= 0.6 is 11.8 Å². The summed E-state index contributed by atoms with van der Waals surface area (Å²) in [5, 5.41) is 1.04. The molecule has 1 aromatic carbocycles. The van der Waals surface area contributed by atoms with Crippen molar-refractivity contribution >= 4 is 34.5 Å². The fourth-order valence-electron chi connectivity index (χ4n) is 2.67. The van der Waals surface area contributed by atoms with E-state index < -0.39 is 0 Å². The molecule has 23 heavy (non-hydrogen) atoms. The minimum absolute atomic E-state index is 0.0838. The maximum Gasteiger partial charge on any atom is 0.242 e. The highest BCUT2D eigenvalue weighted by atomic mass is 32.2. The highest BCUT2D eigenvalue weighted by Crippen LogP contribution is 2.29. The van der Waals surface area contributed by atoms with Gasteiger partial charge in [-0.3, -0.25) is 9.59 Å². The first-order chi connectivity index (χ1) is 11.1. The lowest BCUT2D eigenvalue weighted by Crippen LogP contribution is -2.42. The molecule has 1 aromatic heterocycles. The van der Waals surface area contributed by atoms with Gasteiger partial charge in [0.15, 0.2) is 0 Å². The van der Waals surface area contributed by atoms with E-state index in [1.54, 1.807) is 0 Å². The molecule has 1 aliphatic heterocycles. The molecule has 0 radical (unpaired) electrons. The molecule has 2 aromatic rings. The van der Waals surface area contributed by atoms with Gasteiger partial charge in [-0.1, -0.05) is 18.2 Å². The molecule has 0 atom stereocenters. The molecular weight excluding hydrogens is 314 g/mol. The average Bonchev–Trinajstić information content (AvgIpc) is 2.92. The van der Waals surface area contributed by atoms with Crippen molar-refractivity contribution in [3.63, 3.8) is 0 Å². The molecule has 2 N–H and O–H groups in total. The summed E-state index contributed by atoms with van der Waals surface area (Å²) >= 11 is 1.40. The van der Waals surface area contributed by atoms with E-state index in [-0.39, 0.29) is 24.1 Å². The standard InChI is InChI=1S/C16H19N3O3S/c17-15(20)11-23-14-9-19(13-4-2-1-3-12(13)14)10-16(21)18-5-7-22-8-6-18/h1-4,9H,5-8,10-11H2,(H2,17,20). The number of thioether (sulfide) groups is 1. The molecule has 0 saturated carbocycles. The number of carbonyl (C=O) groups is 2. The summed E-state index contributed by atoms with van der Waals surface area (Å²) < 4.78 is 7.22. The van der Waals surface area contributed by atoms with E-state index >= 15 is 0 Å². The van der Waals surface area contributed by atoms with Crippen LogP contribution in [0.2, 0.25) is 0 Å². The Labute approximate surface area is 138 Å². The molecule has 1 fully saturated rings. The van der Waals surface area contributed by atoms with Crippen LogP contribution < -0.4 is 5.73 Å². The van der Waals surface area contributed by atoms with Gasteiger partial charge >= 0.3 is 0 Å². The molecule has 3 rings (SSSR count). The topological polar surface area (TPSA) is 77.6 Å². The third-order valence-electron chi connectivity index (χ3n) is 3.79. The second-order valence-corrected chi connectivity index (χ2v) is 6.40. The molecule has 1 aliphatic rings. The molecule has 2 heterocycles. The number of nitrogens with zero attached hydrogens (tertiary/aromatic N) is 2. The molecule has 0 unspecified atom stereocenters. The molecule has 122 valence electrons. The quantitative estimate of drug-likeness (QED) is 0.831. The van der Waals surface area contributed by atoms with E-state index in [0.29, 0.717) is 26.3 Å². The molecule has 0 aliphatic carbocycles. The first-order valence-corrected chi connectivity index (χ1v) is 8.48. The van der Waals surface area contributed by atoms with Crippen molar-refractivity contribution in [3.8, 4) is 0 Å². The zero-order chi connectivity index (χ0) is 16.2. The Hall–Kier alpha value is -1.99. The van der Waals surface area contributed by atoms with Crippen molar-refractivity contribution < 1.29 is 14.3 Å². The Bertz CT molecular complexity index is 722. The second-order valence-electron chi connectivity index (χ2n) is 5.39. The van der Waals surface area contributed by atoms with Crippen LogP contribution in [0.5, 0.6) is 0 Å². The minimum Gasteiger partial charge on any atom is -0.378 e. The summed E-state index contributed by atoms with van der Waals surface area (Å²) in [4.78, 5) is 26.3. The van der Waals surface area contributed by atoms with E-state index in [4.69, 9.17) is 10.5 Å². The molecule has 6 nitrogen and oxygen atoms in total. The van der Waals surface area contributed by atoms with E-state index in [1.165, 1.54) is 11.8 Å². The molecule has 0 spiro atoms. The van der Waals surface area contributed by atoms with Crippen molar-refractivity contribution in [2.75, 3.05) is 32.1 Å². The number of morpholine rings is 1. The summed E-state index contributed by atoms with van der Waals surface area (Å²) in [6, 6.07) is 7.87. The fourth-order valence-corrected chi connectivity index (χ4v) is 3.49. The molecular formula is C16H19N3O3S. The Morgan fingerprint density at radius 1 is 1.22 bits per heavy atom.